The molecule has 3 unspecified atom stereocenters. The van der Waals surface area contributed by atoms with E-state index < -0.39 is 82.4 Å². The van der Waals surface area contributed by atoms with Crippen LogP contribution in [0.4, 0.5) is 11.8 Å². The Hall–Kier alpha value is -3.02. The zero-order chi connectivity index (χ0) is 31.8. The fourth-order valence-corrected chi connectivity index (χ4v) is 7.65. The molecule has 4 aromatic heterocycles. The topological polar surface area (TPSA) is 315 Å². The van der Waals surface area contributed by atoms with E-state index in [0.29, 0.717) is 0 Å². The minimum atomic E-state index is -5.31. The summed E-state index contributed by atoms with van der Waals surface area (Å²) in [6.45, 7) is -5.68. The molecule has 0 radical (unpaired) electrons. The average molecular weight is 689 g/mol. The van der Waals surface area contributed by atoms with Crippen molar-refractivity contribution in [3.63, 3.8) is 0 Å². The van der Waals surface area contributed by atoms with Crippen molar-refractivity contribution in [3.8, 4) is 0 Å². The fraction of sp³-hybridized carbons (Fsp3) is 0.500. The van der Waals surface area contributed by atoms with Gasteiger partial charge in [0.1, 0.15) is 48.5 Å². The Morgan fingerprint density at radius 1 is 0.933 bits per heavy atom. The first-order chi connectivity index (χ1) is 21.3. The molecule has 0 amide bonds. The van der Waals surface area contributed by atoms with Gasteiger partial charge in [0.15, 0.2) is 35.1 Å². The largest absolute Gasteiger partial charge is 0.756 e. The lowest BCUT2D eigenvalue weighted by Crippen LogP contribution is -2.37. The van der Waals surface area contributed by atoms with Crippen LogP contribution in [0.1, 0.15) is 12.5 Å². The van der Waals surface area contributed by atoms with E-state index in [4.69, 9.17) is 50.8 Å². The average Bonchev–Trinajstić information content (AvgIpc) is 3.72. The normalized spacial score (nSPS) is 37.7. The molecule has 45 heavy (non-hydrogen) atoms. The first-order valence-corrected chi connectivity index (χ1v) is 17.0. The van der Waals surface area contributed by atoms with Crippen LogP contribution >= 0.6 is 14.5 Å². The maximum absolute atomic E-state index is 13.1. The van der Waals surface area contributed by atoms with Gasteiger partial charge >= 0.3 is 6.72 Å². The van der Waals surface area contributed by atoms with Crippen LogP contribution in [0.2, 0.25) is 0 Å². The maximum atomic E-state index is 13.1. The molecular weight excluding hydrogens is 666 g/mol. The predicted molar refractivity (Wildman–Crippen MR) is 148 cm³/mol. The lowest BCUT2D eigenvalue weighted by molar-refractivity contribution is -0.237. The van der Waals surface area contributed by atoms with Gasteiger partial charge in [-0.3, -0.25) is 28.0 Å². The number of aliphatic hydroxyl groups excluding tert-OH is 2. The van der Waals surface area contributed by atoms with Crippen LogP contribution in [-0.4, -0.2) is 104 Å². The summed E-state index contributed by atoms with van der Waals surface area (Å²) in [5.74, 6) is -0.210. The van der Waals surface area contributed by atoms with Gasteiger partial charge in [-0.25, -0.2) is 19.9 Å². The molecule has 0 aromatic carbocycles. The number of hydrogen-bond acceptors (Lipinski definition) is 19. The van der Waals surface area contributed by atoms with Crippen LogP contribution in [0.3, 0.4) is 0 Å². The lowest BCUT2D eigenvalue weighted by atomic mass is 10.1. The van der Waals surface area contributed by atoms with E-state index in [2.05, 4.69) is 29.9 Å². The SMILES string of the molecule is Nc1nc2c(ncn2[C@@H]2OC3COP(O)(=S)O[C@H]4[C@@H](O)[C@H](n5cnc6c(N)ncnc65)O[C@@H]4COP(=O)([O-])O[C@@H]2[C@@H]3O)c(=O)[nH]1. The van der Waals surface area contributed by atoms with Crippen molar-refractivity contribution in [3.05, 3.63) is 29.3 Å². The standard InChI is InChI=1S/C20H24N10O12P2S/c21-14-8-15(24-3-23-14)29(4-25-8)18-11(32)12-7(40-18)2-37-43(34,35)41-13-10(31)6(1-38-44(36,45)42-12)39-19(13)30-5-26-9-16(30)27-20(22)28-17(9)33/h3-7,10-13,18-19,31-32H,1-2H2,(H,34,35)(H,36,45)(H2,21,23,24)(H3,22,27,28,33)/p-1/t6?,7-,10-,11-,12-,13-,18-,19-,44?/m1/s1. The molecule has 0 saturated carbocycles. The fourth-order valence-electron chi connectivity index (χ4n) is 5.29. The number of nitrogens with one attached hydrogen (secondary N) is 1. The number of aromatic amines is 1. The molecule has 2 bridgehead atoms. The Kier molecular flexibility index (Phi) is 7.52. The number of aliphatic hydroxyl groups is 2. The van der Waals surface area contributed by atoms with Crippen LogP contribution in [0, 0.1) is 0 Å². The number of imidazole rings is 2. The van der Waals surface area contributed by atoms with Gasteiger partial charge in [-0.2, -0.15) is 4.98 Å². The van der Waals surface area contributed by atoms with Gasteiger partial charge in [0, 0.05) is 0 Å². The number of rotatable bonds is 2. The number of phosphoric acid groups is 1. The van der Waals surface area contributed by atoms with Gasteiger partial charge < -0.3 is 54.5 Å². The molecule has 3 fully saturated rings. The molecule has 4 aromatic rings. The van der Waals surface area contributed by atoms with Gasteiger partial charge in [0.25, 0.3) is 13.4 Å². The monoisotopic (exact) mass is 689 g/mol. The van der Waals surface area contributed by atoms with Gasteiger partial charge in [-0.1, -0.05) is 0 Å². The summed E-state index contributed by atoms with van der Waals surface area (Å²) in [4.78, 5) is 58.7. The lowest BCUT2D eigenvalue weighted by Gasteiger charge is -2.31. The number of H-pyrrole nitrogens is 1. The highest BCUT2D eigenvalue weighted by Gasteiger charge is 2.52. The van der Waals surface area contributed by atoms with E-state index in [-0.39, 0.29) is 34.1 Å². The van der Waals surface area contributed by atoms with E-state index in [0.717, 1.165) is 10.9 Å². The third-order valence-electron chi connectivity index (χ3n) is 7.31. The molecule has 3 aliphatic rings. The molecular formula is C20H23N10O12P2S-. The Labute approximate surface area is 254 Å². The third kappa shape index (κ3) is 5.44. The second-order valence-electron chi connectivity index (χ2n) is 10.1. The van der Waals surface area contributed by atoms with Crippen molar-refractivity contribution >= 4 is 60.4 Å². The van der Waals surface area contributed by atoms with Crippen molar-refractivity contribution in [2.24, 2.45) is 0 Å². The number of aromatic nitrogens is 8. The highest BCUT2D eigenvalue weighted by Crippen LogP contribution is 2.52. The molecule has 0 spiro atoms. The van der Waals surface area contributed by atoms with E-state index in [1.54, 1.807) is 0 Å². The van der Waals surface area contributed by atoms with Crippen molar-refractivity contribution in [1.29, 1.82) is 0 Å². The molecule has 8 N–H and O–H groups in total. The summed E-state index contributed by atoms with van der Waals surface area (Å²) in [6, 6.07) is 0. The minimum absolute atomic E-state index is 0.0594. The number of hydrogen-bond donors (Lipinski definition) is 6. The van der Waals surface area contributed by atoms with Crippen LogP contribution < -0.4 is 21.9 Å². The Balaban J connectivity index is 1.21. The molecule has 7 rings (SSSR count). The summed E-state index contributed by atoms with van der Waals surface area (Å²) in [5.41, 5.74) is 11.0. The summed E-state index contributed by atoms with van der Waals surface area (Å²) in [7, 11) is -5.31. The number of fused-ring (bicyclic) bond motifs is 5. The molecule has 3 saturated heterocycles. The first kappa shape index (κ1) is 30.6. The number of ether oxygens (including phenoxy) is 2. The zero-order valence-electron chi connectivity index (χ0n) is 22.4. The van der Waals surface area contributed by atoms with Crippen LogP contribution in [0.15, 0.2) is 23.8 Å². The molecule has 242 valence electrons. The molecule has 10 atom stereocenters. The Bertz CT molecular complexity index is 1940. The smallest absolute Gasteiger partial charge is 0.325 e. The Morgan fingerprint density at radius 2 is 1.62 bits per heavy atom. The van der Waals surface area contributed by atoms with E-state index in [1.807, 2.05) is 0 Å². The van der Waals surface area contributed by atoms with Gasteiger partial charge in [-0.15, -0.1) is 0 Å². The van der Waals surface area contributed by atoms with Crippen molar-refractivity contribution in [2.45, 2.75) is 49.1 Å². The number of nitrogen functional groups attached to an aromatic ring is 2. The van der Waals surface area contributed by atoms with Crippen molar-refractivity contribution in [1.82, 2.24) is 39.0 Å². The van der Waals surface area contributed by atoms with Gasteiger partial charge in [0.05, 0.1) is 25.9 Å². The molecule has 3 aliphatic heterocycles. The summed E-state index contributed by atoms with van der Waals surface area (Å²) < 4.78 is 48.7. The number of nitrogens with zero attached hydrogens (tertiary/aromatic N) is 7. The number of anilines is 2. The van der Waals surface area contributed by atoms with Gasteiger partial charge in [0.2, 0.25) is 5.95 Å². The highest BCUT2D eigenvalue weighted by atomic mass is 32.5. The highest BCUT2D eigenvalue weighted by molar-refractivity contribution is 8.07. The van der Waals surface area contributed by atoms with Gasteiger partial charge in [-0.05, 0) is 11.8 Å². The first-order valence-electron chi connectivity index (χ1n) is 12.9. The Morgan fingerprint density at radius 3 is 2.40 bits per heavy atom. The minimum Gasteiger partial charge on any atom is -0.756 e. The maximum Gasteiger partial charge on any atom is 0.325 e. The van der Waals surface area contributed by atoms with Crippen molar-refractivity contribution < 1.29 is 52.1 Å². The van der Waals surface area contributed by atoms with Crippen LogP contribution in [0.25, 0.3) is 22.3 Å². The van der Waals surface area contributed by atoms with E-state index in [1.165, 1.54) is 17.2 Å². The summed E-state index contributed by atoms with van der Waals surface area (Å²) >= 11 is 5.16. The summed E-state index contributed by atoms with van der Waals surface area (Å²) in [6.07, 6.45) is -8.47. The van der Waals surface area contributed by atoms with E-state index >= 15 is 0 Å². The van der Waals surface area contributed by atoms with Crippen LogP contribution in [-0.2, 0) is 43.9 Å². The third-order valence-corrected chi connectivity index (χ3v) is 9.84. The van der Waals surface area contributed by atoms with E-state index in [9.17, 15) is 29.4 Å². The number of nitrogens with two attached hydrogens (primary N) is 2. The second kappa shape index (κ2) is 11.1. The second-order valence-corrected chi connectivity index (χ2v) is 14.3. The van der Waals surface area contributed by atoms with Crippen LogP contribution in [0.5, 0.6) is 0 Å². The quantitative estimate of drug-likeness (QED) is 0.115. The molecule has 7 heterocycles. The summed E-state index contributed by atoms with van der Waals surface area (Å²) in [5, 5.41) is 22.2. The van der Waals surface area contributed by atoms with Crippen molar-refractivity contribution in [2.75, 3.05) is 24.7 Å². The molecule has 25 heteroatoms. The molecule has 0 aliphatic carbocycles. The molecule has 22 nitrogen and oxygen atoms in total. The zero-order valence-corrected chi connectivity index (χ0v) is 25.0. The predicted octanol–water partition coefficient (Wildman–Crippen LogP) is -2.86. The number of phosphoric ester groups is 1.